The predicted molar refractivity (Wildman–Crippen MR) is 58.2 cm³/mol. The van der Waals surface area contributed by atoms with Gasteiger partial charge in [0, 0.05) is 5.75 Å². The number of thioether (sulfide) groups is 1. The summed E-state index contributed by atoms with van der Waals surface area (Å²) in [4.78, 5) is 10.5. The van der Waals surface area contributed by atoms with Gasteiger partial charge in [-0.15, -0.1) is 0 Å². The van der Waals surface area contributed by atoms with Crippen molar-refractivity contribution in [2.75, 3.05) is 11.5 Å². The number of rotatable bonds is 7. The van der Waals surface area contributed by atoms with E-state index in [0.717, 1.165) is 17.4 Å². The van der Waals surface area contributed by atoms with Gasteiger partial charge in [0.1, 0.15) is 0 Å². The lowest BCUT2D eigenvalue weighted by molar-refractivity contribution is -0.140. The highest BCUT2D eigenvalue weighted by molar-refractivity contribution is 7.99. The molecular formula is C10H20O2S. The number of carboxylic acids is 1. The lowest BCUT2D eigenvalue weighted by Gasteiger charge is -2.10. The third-order valence-electron chi connectivity index (χ3n) is 1.97. The van der Waals surface area contributed by atoms with Crippen molar-refractivity contribution in [3.63, 3.8) is 0 Å². The average Bonchev–Trinajstić information content (AvgIpc) is 2.04. The first kappa shape index (κ1) is 12.8. The number of carbonyl (C=O) groups is 1. The summed E-state index contributed by atoms with van der Waals surface area (Å²) in [6.07, 6.45) is 2.46. The van der Waals surface area contributed by atoms with Crippen LogP contribution in [0.25, 0.3) is 0 Å². The Kier molecular flexibility index (Phi) is 7.14. The van der Waals surface area contributed by atoms with Crippen molar-refractivity contribution in [2.24, 2.45) is 11.8 Å². The molecule has 1 N–H and O–H groups in total. The summed E-state index contributed by atoms with van der Waals surface area (Å²) in [5.41, 5.74) is 0. The zero-order valence-corrected chi connectivity index (χ0v) is 9.56. The second kappa shape index (κ2) is 7.25. The summed E-state index contributed by atoms with van der Waals surface area (Å²) in [6, 6.07) is 0. The van der Waals surface area contributed by atoms with Crippen molar-refractivity contribution in [3.05, 3.63) is 0 Å². The first-order valence-electron chi connectivity index (χ1n) is 4.88. The van der Waals surface area contributed by atoms with Crippen LogP contribution in [0.5, 0.6) is 0 Å². The molecular weight excluding hydrogens is 184 g/mol. The zero-order chi connectivity index (χ0) is 10.3. The molecule has 2 unspecified atom stereocenters. The van der Waals surface area contributed by atoms with Crippen LogP contribution in [0.2, 0.25) is 0 Å². The van der Waals surface area contributed by atoms with Gasteiger partial charge in [0.2, 0.25) is 0 Å². The summed E-state index contributed by atoms with van der Waals surface area (Å²) < 4.78 is 0. The lowest BCUT2D eigenvalue weighted by Crippen LogP contribution is -2.12. The summed E-state index contributed by atoms with van der Waals surface area (Å²) in [7, 11) is 0. The summed E-state index contributed by atoms with van der Waals surface area (Å²) in [5.74, 6) is 1.65. The van der Waals surface area contributed by atoms with E-state index in [0.29, 0.717) is 0 Å². The Balaban J connectivity index is 3.39. The standard InChI is InChI=1S/C10H20O2S/c1-4-5-8(2)6-13-7-9(3)10(11)12/h8-9H,4-7H2,1-3H3,(H,11,12). The number of hydrogen-bond acceptors (Lipinski definition) is 2. The molecule has 0 radical (unpaired) electrons. The molecule has 0 aromatic heterocycles. The van der Waals surface area contributed by atoms with Crippen LogP contribution < -0.4 is 0 Å². The van der Waals surface area contributed by atoms with Gasteiger partial charge < -0.3 is 5.11 Å². The van der Waals surface area contributed by atoms with Gasteiger partial charge in [0.05, 0.1) is 5.92 Å². The summed E-state index contributed by atoms with van der Waals surface area (Å²) in [6.45, 7) is 6.17. The fourth-order valence-corrected chi connectivity index (χ4v) is 2.29. The molecule has 0 aromatic carbocycles. The molecule has 2 atom stereocenters. The monoisotopic (exact) mass is 204 g/mol. The Morgan fingerprint density at radius 1 is 1.38 bits per heavy atom. The topological polar surface area (TPSA) is 37.3 Å². The smallest absolute Gasteiger partial charge is 0.307 e. The molecule has 78 valence electrons. The lowest BCUT2D eigenvalue weighted by atomic mass is 10.1. The molecule has 0 saturated heterocycles. The Morgan fingerprint density at radius 2 is 2.00 bits per heavy atom. The maximum absolute atomic E-state index is 10.5. The first-order valence-corrected chi connectivity index (χ1v) is 6.04. The fraction of sp³-hybridized carbons (Fsp3) is 0.900. The molecule has 13 heavy (non-hydrogen) atoms. The van der Waals surface area contributed by atoms with Crippen LogP contribution in [0, 0.1) is 11.8 Å². The van der Waals surface area contributed by atoms with Crippen molar-refractivity contribution in [2.45, 2.75) is 33.6 Å². The second-order valence-electron chi connectivity index (χ2n) is 3.67. The van der Waals surface area contributed by atoms with Crippen molar-refractivity contribution in [1.82, 2.24) is 0 Å². The van der Waals surface area contributed by atoms with Gasteiger partial charge in [0.15, 0.2) is 0 Å². The van der Waals surface area contributed by atoms with Crippen molar-refractivity contribution < 1.29 is 9.90 Å². The zero-order valence-electron chi connectivity index (χ0n) is 8.75. The Hall–Kier alpha value is -0.180. The van der Waals surface area contributed by atoms with Crippen LogP contribution in [0.4, 0.5) is 0 Å². The van der Waals surface area contributed by atoms with E-state index in [1.807, 2.05) is 0 Å². The van der Waals surface area contributed by atoms with Crippen LogP contribution in [0.1, 0.15) is 33.6 Å². The minimum Gasteiger partial charge on any atom is -0.481 e. The molecule has 0 spiro atoms. The van der Waals surface area contributed by atoms with Crippen LogP contribution in [0.3, 0.4) is 0 Å². The van der Waals surface area contributed by atoms with E-state index in [-0.39, 0.29) is 5.92 Å². The number of hydrogen-bond donors (Lipinski definition) is 1. The number of carboxylic acid groups (broad SMARTS) is 1. The molecule has 0 aliphatic rings. The molecule has 0 amide bonds. The van der Waals surface area contributed by atoms with E-state index in [9.17, 15) is 4.79 Å². The van der Waals surface area contributed by atoms with Gasteiger partial charge in [-0.05, 0) is 11.7 Å². The maximum Gasteiger partial charge on any atom is 0.307 e. The van der Waals surface area contributed by atoms with E-state index in [2.05, 4.69) is 13.8 Å². The van der Waals surface area contributed by atoms with Crippen LogP contribution in [-0.4, -0.2) is 22.6 Å². The van der Waals surface area contributed by atoms with Crippen molar-refractivity contribution in [1.29, 1.82) is 0 Å². The van der Waals surface area contributed by atoms with Crippen molar-refractivity contribution in [3.8, 4) is 0 Å². The molecule has 0 heterocycles. The summed E-state index contributed by atoms with van der Waals surface area (Å²) in [5, 5.41) is 8.64. The molecule has 0 aliphatic carbocycles. The molecule has 0 rings (SSSR count). The quantitative estimate of drug-likeness (QED) is 0.693. The third-order valence-corrected chi connectivity index (χ3v) is 3.51. The number of aliphatic carboxylic acids is 1. The Labute approximate surface area is 85.1 Å². The molecule has 0 aliphatic heterocycles. The van der Waals surface area contributed by atoms with Crippen molar-refractivity contribution >= 4 is 17.7 Å². The van der Waals surface area contributed by atoms with Gasteiger partial charge in [-0.25, -0.2) is 0 Å². The van der Waals surface area contributed by atoms with Crippen LogP contribution >= 0.6 is 11.8 Å². The van der Waals surface area contributed by atoms with Gasteiger partial charge >= 0.3 is 5.97 Å². The largest absolute Gasteiger partial charge is 0.481 e. The normalized spacial score (nSPS) is 15.3. The van der Waals surface area contributed by atoms with Gasteiger partial charge in [0.25, 0.3) is 0 Å². The molecule has 3 heteroatoms. The molecule has 0 saturated carbocycles. The van der Waals surface area contributed by atoms with Crippen LogP contribution in [-0.2, 0) is 4.79 Å². The predicted octanol–water partition coefficient (Wildman–Crippen LogP) is 2.88. The third kappa shape index (κ3) is 6.94. The SMILES string of the molecule is CCCC(C)CSCC(C)C(=O)O. The highest BCUT2D eigenvalue weighted by Gasteiger charge is 2.11. The molecule has 2 nitrogen and oxygen atoms in total. The average molecular weight is 204 g/mol. The van der Waals surface area contributed by atoms with E-state index >= 15 is 0 Å². The highest BCUT2D eigenvalue weighted by Crippen LogP contribution is 2.16. The maximum atomic E-state index is 10.5. The molecule has 0 bridgehead atoms. The molecule has 0 fully saturated rings. The summed E-state index contributed by atoms with van der Waals surface area (Å²) >= 11 is 1.76. The van der Waals surface area contributed by atoms with Crippen LogP contribution in [0.15, 0.2) is 0 Å². The highest BCUT2D eigenvalue weighted by atomic mass is 32.2. The van der Waals surface area contributed by atoms with Gasteiger partial charge in [-0.2, -0.15) is 11.8 Å². The minimum absolute atomic E-state index is 0.209. The Bertz CT molecular complexity index is 148. The Morgan fingerprint density at radius 3 is 2.46 bits per heavy atom. The minimum atomic E-state index is -0.685. The second-order valence-corrected chi connectivity index (χ2v) is 4.75. The van der Waals surface area contributed by atoms with E-state index in [4.69, 9.17) is 5.11 Å². The van der Waals surface area contributed by atoms with Gasteiger partial charge in [-0.3, -0.25) is 4.79 Å². The van der Waals surface area contributed by atoms with Gasteiger partial charge in [-0.1, -0.05) is 33.6 Å². The van der Waals surface area contributed by atoms with E-state index in [1.165, 1.54) is 12.8 Å². The fourth-order valence-electron chi connectivity index (χ4n) is 1.09. The first-order chi connectivity index (χ1) is 6.07. The molecule has 0 aromatic rings. The van der Waals surface area contributed by atoms with E-state index < -0.39 is 5.97 Å². The van der Waals surface area contributed by atoms with E-state index in [1.54, 1.807) is 18.7 Å².